The summed E-state index contributed by atoms with van der Waals surface area (Å²) >= 11 is 0.779. The van der Waals surface area contributed by atoms with Crippen LogP contribution in [0.3, 0.4) is 0 Å². The normalized spacial score (nSPS) is 23.0. The van der Waals surface area contributed by atoms with Gasteiger partial charge in [-0.05, 0) is 12.1 Å². The molecular formula is C9H10F3NOS. The summed E-state index contributed by atoms with van der Waals surface area (Å²) < 4.78 is 42.2. The summed E-state index contributed by atoms with van der Waals surface area (Å²) in [6.45, 7) is 1.75. The second kappa shape index (κ2) is 4.11. The molecule has 84 valence electrons. The van der Waals surface area contributed by atoms with Crippen LogP contribution in [-0.4, -0.2) is 19.8 Å². The largest absolute Gasteiger partial charge is 0.425 e. The van der Waals surface area contributed by atoms with E-state index in [0.717, 1.165) is 17.4 Å². The number of nitrogens with one attached hydrogen (secondary N) is 1. The number of ether oxygens (including phenoxy) is 1. The highest BCUT2D eigenvalue weighted by Gasteiger charge is 2.33. The summed E-state index contributed by atoms with van der Waals surface area (Å²) in [7, 11) is 0. The summed E-state index contributed by atoms with van der Waals surface area (Å²) in [6, 6.07) is 2.54. The Labute approximate surface area is 89.1 Å². The van der Waals surface area contributed by atoms with Gasteiger partial charge < -0.3 is 10.1 Å². The van der Waals surface area contributed by atoms with Crippen molar-refractivity contribution in [2.45, 2.75) is 12.2 Å². The molecule has 2 rings (SSSR count). The quantitative estimate of drug-likeness (QED) is 0.810. The Morgan fingerprint density at radius 3 is 2.73 bits per heavy atom. The molecule has 15 heavy (non-hydrogen) atoms. The van der Waals surface area contributed by atoms with E-state index in [4.69, 9.17) is 4.74 Å². The highest BCUT2D eigenvalue weighted by molar-refractivity contribution is 7.12. The second-order valence-electron chi connectivity index (χ2n) is 3.28. The van der Waals surface area contributed by atoms with Crippen molar-refractivity contribution in [3.8, 4) is 0 Å². The predicted octanol–water partition coefficient (Wildman–Crippen LogP) is 2.43. The molecule has 1 aliphatic heterocycles. The molecule has 1 aliphatic rings. The highest BCUT2D eigenvalue weighted by atomic mass is 32.1. The monoisotopic (exact) mass is 237 g/mol. The molecule has 1 saturated heterocycles. The van der Waals surface area contributed by atoms with Crippen molar-refractivity contribution in [3.05, 3.63) is 21.9 Å². The van der Waals surface area contributed by atoms with Gasteiger partial charge in [0.25, 0.3) is 0 Å². The van der Waals surface area contributed by atoms with Gasteiger partial charge in [-0.1, -0.05) is 0 Å². The molecule has 2 heterocycles. The lowest BCUT2D eigenvalue weighted by Gasteiger charge is -2.22. The minimum absolute atomic E-state index is 0.0974. The number of morpholine rings is 1. The van der Waals surface area contributed by atoms with Gasteiger partial charge in [0.05, 0.1) is 19.3 Å². The van der Waals surface area contributed by atoms with E-state index in [1.807, 2.05) is 0 Å². The molecule has 1 fully saturated rings. The van der Waals surface area contributed by atoms with Crippen LogP contribution < -0.4 is 5.32 Å². The molecule has 0 spiro atoms. The average Bonchev–Trinajstić information content (AvgIpc) is 2.67. The first-order chi connectivity index (χ1) is 7.07. The maximum absolute atomic E-state index is 12.3. The molecule has 2 nitrogen and oxygen atoms in total. The minimum atomic E-state index is -4.24. The molecule has 1 atom stereocenters. The van der Waals surface area contributed by atoms with Crippen molar-refractivity contribution in [1.29, 1.82) is 0 Å². The zero-order valence-corrected chi connectivity index (χ0v) is 8.62. The van der Waals surface area contributed by atoms with Gasteiger partial charge in [-0.3, -0.25) is 0 Å². The molecule has 1 unspecified atom stereocenters. The fraction of sp³-hybridized carbons (Fsp3) is 0.556. The third-order valence-corrected chi connectivity index (χ3v) is 3.42. The van der Waals surface area contributed by atoms with Crippen LogP contribution in [0.2, 0.25) is 0 Å². The molecule has 0 aromatic carbocycles. The average molecular weight is 237 g/mol. The van der Waals surface area contributed by atoms with E-state index in [9.17, 15) is 13.2 Å². The van der Waals surface area contributed by atoms with E-state index < -0.39 is 11.1 Å². The number of thiophene rings is 1. The van der Waals surface area contributed by atoms with E-state index in [0.29, 0.717) is 24.6 Å². The van der Waals surface area contributed by atoms with Crippen LogP contribution in [0, 0.1) is 0 Å². The molecule has 0 radical (unpaired) electrons. The Hall–Kier alpha value is -0.590. The molecule has 0 aliphatic carbocycles. The molecule has 0 amide bonds. The lowest BCUT2D eigenvalue weighted by molar-refractivity contribution is -0.134. The van der Waals surface area contributed by atoms with Gasteiger partial charge in [-0.15, -0.1) is 11.3 Å². The van der Waals surface area contributed by atoms with Crippen molar-refractivity contribution in [2.75, 3.05) is 19.8 Å². The van der Waals surface area contributed by atoms with Crippen LogP contribution in [0.4, 0.5) is 13.2 Å². The summed E-state index contributed by atoms with van der Waals surface area (Å²) in [5.41, 5.74) is 0. The van der Waals surface area contributed by atoms with Gasteiger partial charge >= 0.3 is 6.18 Å². The van der Waals surface area contributed by atoms with Crippen molar-refractivity contribution in [3.63, 3.8) is 0 Å². The molecule has 0 saturated carbocycles. The van der Waals surface area contributed by atoms with Crippen molar-refractivity contribution >= 4 is 11.3 Å². The van der Waals surface area contributed by atoms with Crippen LogP contribution in [0.25, 0.3) is 0 Å². The Balaban J connectivity index is 2.12. The summed E-state index contributed by atoms with van der Waals surface area (Å²) in [5, 5.41) is 3.12. The van der Waals surface area contributed by atoms with Crippen LogP contribution in [0.5, 0.6) is 0 Å². The van der Waals surface area contributed by atoms with Crippen molar-refractivity contribution in [1.82, 2.24) is 5.32 Å². The van der Waals surface area contributed by atoms with Crippen LogP contribution in [-0.2, 0) is 10.9 Å². The highest BCUT2D eigenvalue weighted by Crippen LogP contribution is 2.36. The topological polar surface area (TPSA) is 21.3 Å². The first-order valence-electron chi connectivity index (χ1n) is 4.55. The van der Waals surface area contributed by atoms with Gasteiger partial charge in [-0.25, -0.2) is 0 Å². The third-order valence-electron chi connectivity index (χ3n) is 2.17. The first-order valence-corrected chi connectivity index (χ1v) is 5.37. The maximum atomic E-state index is 12.3. The molecular weight excluding hydrogens is 227 g/mol. The van der Waals surface area contributed by atoms with Crippen molar-refractivity contribution < 1.29 is 17.9 Å². The van der Waals surface area contributed by atoms with Gasteiger partial charge in [0, 0.05) is 11.4 Å². The standard InChI is InChI=1S/C9H10F3NOS/c10-9(11,12)8-2-1-7(15-8)6-5-14-4-3-13-6/h1-2,6,13H,3-5H2. The molecule has 1 aromatic heterocycles. The van der Waals surface area contributed by atoms with Gasteiger partial charge in [0.1, 0.15) is 4.88 Å². The smallest absolute Gasteiger partial charge is 0.378 e. The third kappa shape index (κ3) is 2.50. The number of rotatable bonds is 1. The van der Waals surface area contributed by atoms with Crippen LogP contribution >= 0.6 is 11.3 Å². The minimum Gasteiger partial charge on any atom is -0.378 e. The SMILES string of the molecule is FC(F)(F)c1ccc(C2COCCN2)s1. The number of hydrogen-bond donors (Lipinski definition) is 1. The van der Waals surface area contributed by atoms with Gasteiger partial charge in [0.15, 0.2) is 0 Å². The fourth-order valence-electron chi connectivity index (χ4n) is 1.44. The Morgan fingerprint density at radius 1 is 1.40 bits per heavy atom. The van der Waals surface area contributed by atoms with Gasteiger partial charge in [0.2, 0.25) is 0 Å². The van der Waals surface area contributed by atoms with E-state index in [2.05, 4.69) is 5.32 Å². The molecule has 1 aromatic rings. The van der Waals surface area contributed by atoms with E-state index in [1.54, 1.807) is 0 Å². The number of hydrogen-bond acceptors (Lipinski definition) is 3. The Kier molecular flexibility index (Phi) is 2.99. The molecule has 1 N–H and O–H groups in total. The molecule has 6 heteroatoms. The maximum Gasteiger partial charge on any atom is 0.425 e. The zero-order valence-electron chi connectivity index (χ0n) is 7.80. The van der Waals surface area contributed by atoms with Crippen molar-refractivity contribution in [2.24, 2.45) is 0 Å². The lowest BCUT2D eigenvalue weighted by Crippen LogP contribution is -2.33. The fourth-order valence-corrected chi connectivity index (χ4v) is 2.38. The second-order valence-corrected chi connectivity index (χ2v) is 4.40. The van der Waals surface area contributed by atoms with Crippen LogP contribution in [0.15, 0.2) is 12.1 Å². The summed E-state index contributed by atoms with van der Waals surface area (Å²) in [4.78, 5) is 0.131. The predicted molar refractivity (Wildman–Crippen MR) is 50.9 cm³/mol. The lowest BCUT2D eigenvalue weighted by atomic mass is 10.2. The van der Waals surface area contributed by atoms with E-state index in [1.165, 1.54) is 6.07 Å². The molecule has 0 bridgehead atoms. The zero-order chi connectivity index (χ0) is 10.9. The van der Waals surface area contributed by atoms with Gasteiger partial charge in [-0.2, -0.15) is 13.2 Å². The number of halogens is 3. The van der Waals surface area contributed by atoms with Crippen LogP contribution in [0.1, 0.15) is 15.8 Å². The Morgan fingerprint density at radius 2 is 2.20 bits per heavy atom. The first kappa shape index (κ1) is 10.9. The summed E-state index contributed by atoms with van der Waals surface area (Å²) in [6.07, 6.45) is -4.24. The van der Waals surface area contributed by atoms with E-state index in [-0.39, 0.29) is 6.04 Å². The van der Waals surface area contributed by atoms with E-state index >= 15 is 0 Å². The Bertz CT molecular complexity index is 330. The number of alkyl halides is 3. The summed E-state index contributed by atoms with van der Waals surface area (Å²) in [5.74, 6) is 0.